The van der Waals surface area contributed by atoms with E-state index in [0.717, 1.165) is 132 Å². The van der Waals surface area contributed by atoms with Crippen molar-refractivity contribution in [2.45, 2.75) is 7.43 Å². The van der Waals surface area contributed by atoms with Gasteiger partial charge in [-0.15, -0.1) is 10.2 Å². The van der Waals surface area contributed by atoms with E-state index in [9.17, 15) is 19.2 Å². The zero-order chi connectivity index (χ0) is 58.7. The summed E-state index contributed by atoms with van der Waals surface area (Å²) in [5, 5.41) is 32.3. The Hall–Kier alpha value is -9.08. The number of urea groups is 2. The van der Waals surface area contributed by atoms with Gasteiger partial charge < -0.3 is 66.2 Å². The molecule has 8 aromatic rings. The van der Waals surface area contributed by atoms with Crippen molar-refractivity contribution in [2.24, 2.45) is 5.73 Å². The minimum Gasteiger partial charge on any atom is -0.478 e. The van der Waals surface area contributed by atoms with E-state index in [0.29, 0.717) is 72.9 Å². The lowest BCUT2D eigenvalue weighted by atomic mass is 10.2. The van der Waals surface area contributed by atoms with Crippen molar-refractivity contribution in [1.82, 2.24) is 44.3 Å². The minimum absolute atomic E-state index is 0. The highest BCUT2D eigenvalue weighted by molar-refractivity contribution is 6.01. The second-order valence-electron chi connectivity index (χ2n) is 20.1. The van der Waals surface area contributed by atoms with Crippen LogP contribution < -0.4 is 42.1 Å². The molecule has 0 bridgehead atoms. The molecule has 4 aromatic carbocycles. The fourth-order valence-corrected chi connectivity index (χ4v) is 9.75. The first-order valence-electron chi connectivity index (χ1n) is 28.4. The molecule has 0 aliphatic carbocycles. The third-order valence-electron chi connectivity index (χ3n) is 14.3. The fraction of sp³-hybridized carbons (Fsp3) is 0.344. The molecule has 8 heterocycles. The monoisotopic (exact) mass is 1170 g/mol. The maximum atomic E-state index is 12.6. The summed E-state index contributed by atoms with van der Waals surface area (Å²) < 4.78 is 25.1. The Kier molecular flexibility index (Phi) is 21.9. The van der Waals surface area contributed by atoms with Crippen LogP contribution in [0.2, 0.25) is 0 Å². The number of hydrogen-bond acceptors (Lipinski definition) is 17. The molecule has 0 atom stereocenters. The van der Waals surface area contributed by atoms with E-state index in [1.807, 2.05) is 82.1 Å². The molecule has 0 spiro atoms. The molecule has 452 valence electrons. The van der Waals surface area contributed by atoms with Crippen molar-refractivity contribution < 1.29 is 43.2 Å². The number of nitrogens with two attached hydrogens (primary N) is 1. The van der Waals surface area contributed by atoms with Crippen LogP contribution in [0.25, 0.3) is 33.8 Å². The summed E-state index contributed by atoms with van der Waals surface area (Å²) >= 11 is 0. The lowest BCUT2D eigenvalue weighted by Crippen LogP contribution is -2.41. The maximum Gasteiger partial charge on any atom is 0.335 e. The third-order valence-corrected chi connectivity index (χ3v) is 14.3. The van der Waals surface area contributed by atoms with E-state index < -0.39 is 12.0 Å². The number of ether oxygens (including phenoxy) is 4. The number of fused-ring (bicyclic) bond motifs is 2. The molecule has 4 fully saturated rings. The quantitative estimate of drug-likeness (QED) is 0.0582. The van der Waals surface area contributed by atoms with Crippen LogP contribution in [0, 0.1) is 0 Å². The van der Waals surface area contributed by atoms with E-state index in [2.05, 4.69) is 56.4 Å². The Labute approximate surface area is 498 Å². The largest absolute Gasteiger partial charge is 0.478 e. The predicted molar refractivity (Wildman–Crippen MR) is 331 cm³/mol. The van der Waals surface area contributed by atoms with Crippen LogP contribution in [-0.4, -0.2) is 199 Å². The molecule has 0 radical (unpaired) electrons. The smallest absolute Gasteiger partial charge is 0.335 e. The van der Waals surface area contributed by atoms with Crippen molar-refractivity contribution in [3.05, 3.63) is 145 Å². The highest BCUT2D eigenvalue weighted by Crippen LogP contribution is 2.28. The molecule has 5 amide bonds. The summed E-state index contributed by atoms with van der Waals surface area (Å²) in [6.45, 7) is 16.0. The van der Waals surface area contributed by atoms with Gasteiger partial charge in [-0.2, -0.15) is 0 Å². The van der Waals surface area contributed by atoms with E-state index in [1.165, 1.54) is 24.3 Å². The highest BCUT2D eigenvalue weighted by atomic mass is 16.5. The van der Waals surface area contributed by atoms with Crippen LogP contribution >= 0.6 is 0 Å². The normalized spacial score (nSPS) is 15.5. The number of carboxylic acid groups (broad SMARTS) is 1. The number of aromatic carboxylic acids is 1. The minimum atomic E-state index is -1.02. The Morgan fingerprint density at radius 1 is 0.477 bits per heavy atom. The summed E-state index contributed by atoms with van der Waals surface area (Å²) in [6, 6.07) is 34.5. The zero-order valence-electron chi connectivity index (χ0n) is 47.1. The van der Waals surface area contributed by atoms with Crippen LogP contribution in [0.15, 0.2) is 134 Å². The summed E-state index contributed by atoms with van der Waals surface area (Å²) in [5.41, 5.74) is 11.9. The Bertz CT molecular complexity index is 3470. The standard InChI is InChI=1S/C30H34N8O4.C24H22N6O4.C6H14N2O.CH4/c39-29(31-11-13-36-14-18-41-19-15-36)23-5-9-25(10-6-23)33-30(40)32-24-7-3-22(4-8-24)27-34-28(37-16-20-42-21-17-37)26-2-1-12-38(26)35-27;31-23(32)17-5-9-19(10-6-17)26-24(33)25-18-7-3-16(4-8-18)21-27-22(29-12-14-34-15-13-29)20-2-1-11-30(20)28-21;7-1-2-8-3-5-9-6-4-8;/h1-10,12H,11,13-21H2,(H,31,39)(H2,32,33,40);1-11H,12-15H2,(H,31,32)(H2,25,26,33);1-7H2;1H4. The number of morpholine rings is 4. The number of aromatic nitrogens is 6. The average Bonchev–Trinajstić information content (AvgIpc) is 2.08. The molecule has 8 N–H and O–H groups in total. The number of rotatable bonds is 15. The lowest BCUT2D eigenvalue weighted by Gasteiger charge is -2.28. The molecule has 25 heteroatoms. The van der Waals surface area contributed by atoms with Crippen LogP contribution in [0.5, 0.6) is 0 Å². The number of carbonyl (C=O) groups is 4. The molecule has 0 saturated carbocycles. The van der Waals surface area contributed by atoms with Gasteiger partial charge >= 0.3 is 18.0 Å². The summed E-state index contributed by atoms with van der Waals surface area (Å²) in [7, 11) is 0. The first-order chi connectivity index (χ1) is 41.6. The second kappa shape index (κ2) is 30.6. The number of carbonyl (C=O) groups excluding carboxylic acids is 3. The first kappa shape index (κ1) is 61.5. The van der Waals surface area contributed by atoms with Crippen molar-refractivity contribution in [1.29, 1.82) is 0 Å². The van der Waals surface area contributed by atoms with Crippen molar-refractivity contribution in [3.63, 3.8) is 0 Å². The average molecular weight is 1180 g/mol. The van der Waals surface area contributed by atoms with Crippen LogP contribution in [0.4, 0.5) is 44.0 Å². The van der Waals surface area contributed by atoms with Crippen molar-refractivity contribution >= 4 is 69.4 Å². The number of carboxylic acids is 1. The predicted octanol–water partition coefficient (Wildman–Crippen LogP) is 6.43. The van der Waals surface area contributed by atoms with E-state index in [-0.39, 0.29) is 24.9 Å². The first-order valence-corrected chi connectivity index (χ1v) is 28.4. The van der Waals surface area contributed by atoms with Crippen molar-refractivity contribution in [2.75, 3.05) is 162 Å². The van der Waals surface area contributed by atoms with Gasteiger partial charge in [-0.25, -0.2) is 33.4 Å². The van der Waals surface area contributed by atoms with Gasteiger partial charge in [0.1, 0.15) is 11.0 Å². The van der Waals surface area contributed by atoms with Gasteiger partial charge in [0, 0.05) is 130 Å². The Morgan fingerprint density at radius 2 is 0.837 bits per heavy atom. The van der Waals surface area contributed by atoms with Crippen LogP contribution in [-0.2, 0) is 18.9 Å². The van der Waals surface area contributed by atoms with Gasteiger partial charge in [0.25, 0.3) is 5.91 Å². The van der Waals surface area contributed by atoms with E-state index >= 15 is 0 Å². The second-order valence-corrected chi connectivity index (χ2v) is 20.1. The van der Waals surface area contributed by atoms with Gasteiger partial charge in [-0.3, -0.25) is 14.6 Å². The molecular weight excluding hydrogens is 1100 g/mol. The molecule has 25 nitrogen and oxygen atoms in total. The van der Waals surface area contributed by atoms with Crippen molar-refractivity contribution in [3.8, 4) is 22.8 Å². The zero-order valence-corrected chi connectivity index (χ0v) is 47.1. The highest BCUT2D eigenvalue weighted by Gasteiger charge is 2.21. The number of hydrogen-bond donors (Lipinski definition) is 7. The summed E-state index contributed by atoms with van der Waals surface area (Å²) in [5.74, 6) is 1.77. The Balaban J connectivity index is 0.000000180. The van der Waals surface area contributed by atoms with Gasteiger partial charge in [0.2, 0.25) is 0 Å². The number of amides is 5. The number of nitrogens with one attached hydrogen (secondary N) is 5. The van der Waals surface area contributed by atoms with Gasteiger partial charge in [0.05, 0.1) is 58.4 Å². The number of nitrogens with zero attached hydrogens (tertiary/aromatic N) is 10. The molecule has 12 rings (SSSR count). The topological polar surface area (TPSA) is 285 Å². The third kappa shape index (κ3) is 16.8. The molecule has 4 aliphatic heterocycles. The number of benzene rings is 4. The van der Waals surface area contributed by atoms with E-state index in [4.69, 9.17) is 39.8 Å². The van der Waals surface area contributed by atoms with Gasteiger partial charge in [0.15, 0.2) is 23.3 Å². The molecule has 4 aromatic heterocycles. The Morgan fingerprint density at radius 3 is 1.22 bits per heavy atom. The maximum absolute atomic E-state index is 12.6. The lowest BCUT2D eigenvalue weighted by molar-refractivity contribution is 0.0383. The van der Waals surface area contributed by atoms with Gasteiger partial charge in [-0.05, 0) is 121 Å². The molecular formula is C61H74N16O9. The van der Waals surface area contributed by atoms with Crippen LogP contribution in [0.1, 0.15) is 28.1 Å². The SMILES string of the molecule is C.NCCN1CCOCC1.O=C(Nc1ccc(C(=O)NCCN2CCOCC2)cc1)Nc1ccc(-c2nc(N3CCOCC3)c3cccn3n2)cc1.O=C(Nc1ccc(C(=O)O)cc1)Nc1ccc(-c2nc(N3CCOCC3)c3cccn3n2)cc1. The summed E-state index contributed by atoms with van der Waals surface area (Å²) in [6.07, 6.45) is 3.81. The van der Waals surface area contributed by atoms with Crippen LogP contribution in [0.3, 0.4) is 0 Å². The molecule has 0 unspecified atom stereocenters. The fourth-order valence-electron chi connectivity index (χ4n) is 9.75. The molecule has 86 heavy (non-hydrogen) atoms. The van der Waals surface area contributed by atoms with E-state index in [1.54, 1.807) is 36.4 Å². The van der Waals surface area contributed by atoms with Gasteiger partial charge in [-0.1, -0.05) is 7.43 Å². The summed E-state index contributed by atoms with van der Waals surface area (Å²) in [4.78, 5) is 67.1. The molecule has 4 aliphatic rings. The number of anilines is 6. The molecule has 4 saturated heterocycles.